The number of nitrogens with zero attached hydrogens (tertiary/aromatic N) is 1. The lowest BCUT2D eigenvalue weighted by Gasteiger charge is -2.27. The van der Waals surface area contributed by atoms with Gasteiger partial charge in [-0.15, -0.1) is 0 Å². The SMILES string of the molecule is CCCCC/C=C\C/C=C\CCCCCCCCCCCCCCCCCC(=O)NC(COP(=O)(O)OCC[N+](C)(C)C)C(/C=C\CCCCCCCCCCC)OC(=O)CC/C=C/C/C=C\CCCCCCCC. The minimum absolute atomic E-state index is 0.0325. The minimum atomic E-state index is -4.46. The van der Waals surface area contributed by atoms with E-state index in [1.807, 2.05) is 39.4 Å². The summed E-state index contributed by atoms with van der Waals surface area (Å²) in [6.45, 7) is 6.95. The number of carbonyl (C=O) groups excluding carboxylic acids is 2. The molecular formula is C65H122N2O7P+. The molecule has 0 bridgehead atoms. The highest BCUT2D eigenvalue weighted by molar-refractivity contribution is 7.47. The highest BCUT2D eigenvalue weighted by atomic mass is 31.2. The van der Waals surface area contributed by atoms with E-state index < -0.39 is 25.9 Å². The van der Waals surface area contributed by atoms with Gasteiger partial charge in [0.25, 0.3) is 0 Å². The Hall–Kier alpha value is -2.29. The number of quaternary nitrogens is 1. The molecule has 0 aliphatic rings. The summed E-state index contributed by atoms with van der Waals surface area (Å²) in [4.78, 5) is 37.6. The molecule has 0 aromatic heterocycles. The molecule has 0 fully saturated rings. The molecule has 0 heterocycles. The van der Waals surface area contributed by atoms with E-state index in [-0.39, 0.29) is 25.5 Å². The van der Waals surface area contributed by atoms with Crippen LogP contribution in [0.1, 0.15) is 290 Å². The Balaban J connectivity index is 5.09. The van der Waals surface area contributed by atoms with Gasteiger partial charge in [0, 0.05) is 12.8 Å². The third-order valence-electron chi connectivity index (χ3n) is 13.9. The molecule has 0 saturated carbocycles. The Labute approximate surface area is 464 Å². The number of amides is 1. The number of likely N-dealkylation sites (N-methyl/N-ethyl adjacent to an activating group) is 1. The van der Waals surface area contributed by atoms with E-state index in [2.05, 4.69) is 68.6 Å². The van der Waals surface area contributed by atoms with Gasteiger partial charge in [0.2, 0.25) is 5.91 Å². The number of phosphoric acid groups is 1. The third kappa shape index (κ3) is 56.2. The lowest BCUT2D eigenvalue weighted by Crippen LogP contribution is -2.47. The first-order valence-electron chi connectivity index (χ1n) is 31.6. The molecule has 0 aromatic carbocycles. The largest absolute Gasteiger partial charge is 0.472 e. The summed E-state index contributed by atoms with van der Waals surface area (Å²) in [6, 6.07) is -0.870. The number of nitrogens with one attached hydrogen (secondary N) is 1. The molecule has 2 N–H and O–H groups in total. The molecule has 0 aliphatic heterocycles. The highest BCUT2D eigenvalue weighted by Gasteiger charge is 2.30. The standard InChI is InChI=1S/C65H121N2O7P/c1-7-10-13-16-19-22-25-27-28-29-30-31-32-33-34-35-36-37-38-40-42-45-48-51-54-57-64(68)66-62(61-73-75(70,71)72-60-59-67(4,5)6)63(56-53-50-47-44-41-24-21-18-15-12-9-3)74-65(69)58-55-52-49-46-43-39-26-23-20-17-14-11-8-2/h19,22,27-28,39,43,49,52-53,56,62-63H,7-18,20-21,23-26,29-38,40-42,44-48,50-51,54-55,57-61H2,1-6H3,(H-,66,68,70,71)/p+1/b22-19-,28-27-,43-39-,52-49+,56-53-. The van der Waals surface area contributed by atoms with Gasteiger partial charge in [-0.25, -0.2) is 4.57 Å². The van der Waals surface area contributed by atoms with Gasteiger partial charge in [-0.1, -0.05) is 255 Å². The molecule has 10 heteroatoms. The zero-order valence-electron chi connectivity index (χ0n) is 50.0. The predicted molar refractivity (Wildman–Crippen MR) is 323 cm³/mol. The molecule has 1 amide bonds. The van der Waals surface area contributed by atoms with E-state index in [4.69, 9.17) is 13.8 Å². The van der Waals surface area contributed by atoms with Crippen LogP contribution in [0.5, 0.6) is 0 Å². The molecule has 0 aliphatic carbocycles. The van der Waals surface area contributed by atoms with Crippen molar-refractivity contribution in [2.45, 2.75) is 303 Å². The Morgan fingerprint density at radius 3 is 1.25 bits per heavy atom. The van der Waals surface area contributed by atoms with Crippen molar-refractivity contribution < 1.29 is 37.3 Å². The fourth-order valence-electron chi connectivity index (χ4n) is 9.02. The zero-order chi connectivity index (χ0) is 55.0. The number of hydrogen-bond donors (Lipinski definition) is 2. The molecular weight excluding hydrogens is 952 g/mol. The van der Waals surface area contributed by atoms with Gasteiger partial charge in [-0.05, 0) is 83.1 Å². The van der Waals surface area contributed by atoms with E-state index in [1.54, 1.807) is 0 Å². The average molecular weight is 1070 g/mol. The maximum Gasteiger partial charge on any atom is 0.472 e. The summed E-state index contributed by atoms with van der Waals surface area (Å²) >= 11 is 0. The lowest BCUT2D eigenvalue weighted by molar-refractivity contribution is -0.870. The number of rotatable bonds is 57. The molecule has 9 nitrogen and oxygen atoms in total. The van der Waals surface area contributed by atoms with Crippen LogP contribution in [0.4, 0.5) is 0 Å². The molecule has 0 spiro atoms. The normalized spacial score (nSPS) is 14.1. The van der Waals surface area contributed by atoms with Gasteiger partial charge >= 0.3 is 13.8 Å². The Kier molecular flexibility index (Phi) is 53.4. The number of unbranched alkanes of at least 4 members (excludes halogenated alkanes) is 33. The van der Waals surface area contributed by atoms with E-state index in [1.165, 1.54) is 193 Å². The number of allylic oxidation sites excluding steroid dienone is 9. The van der Waals surface area contributed by atoms with Crippen molar-refractivity contribution in [1.82, 2.24) is 5.32 Å². The third-order valence-corrected chi connectivity index (χ3v) is 14.9. The summed E-state index contributed by atoms with van der Waals surface area (Å²) in [6.07, 6.45) is 69.6. The van der Waals surface area contributed by atoms with Crippen molar-refractivity contribution in [3.05, 3.63) is 60.8 Å². The Bertz CT molecular complexity index is 1470. The molecule has 0 radical (unpaired) electrons. The van der Waals surface area contributed by atoms with Crippen LogP contribution in [-0.2, 0) is 27.9 Å². The lowest BCUT2D eigenvalue weighted by atomic mass is 10.0. The van der Waals surface area contributed by atoms with Gasteiger partial charge in [0.05, 0.1) is 33.8 Å². The second-order valence-electron chi connectivity index (χ2n) is 22.6. The van der Waals surface area contributed by atoms with Crippen molar-refractivity contribution in [1.29, 1.82) is 0 Å². The molecule has 3 atom stereocenters. The Morgan fingerprint density at radius 2 is 0.827 bits per heavy atom. The number of ether oxygens (including phenoxy) is 1. The van der Waals surface area contributed by atoms with E-state index in [0.717, 1.165) is 57.8 Å². The molecule has 0 aromatic rings. The maximum absolute atomic E-state index is 13.5. The smallest absolute Gasteiger partial charge is 0.456 e. The number of phosphoric ester groups is 1. The van der Waals surface area contributed by atoms with Crippen molar-refractivity contribution in [2.24, 2.45) is 0 Å². The van der Waals surface area contributed by atoms with Gasteiger partial charge in [0.15, 0.2) is 0 Å². The summed E-state index contributed by atoms with van der Waals surface area (Å²) in [5.41, 5.74) is 0. The predicted octanol–water partition coefficient (Wildman–Crippen LogP) is 19.4. The van der Waals surface area contributed by atoms with Crippen LogP contribution >= 0.6 is 7.82 Å². The second kappa shape index (κ2) is 55.0. The summed E-state index contributed by atoms with van der Waals surface area (Å²) in [5, 5.41) is 3.04. The number of hydrogen-bond acceptors (Lipinski definition) is 6. The quantitative estimate of drug-likeness (QED) is 0.0205. The van der Waals surface area contributed by atoms with Gasteiger partial charge in [0.1, 0.15) is 19.3 Å². The van der Waals surface area contributed by atoms with Crippen LogP contribution in [0.25, 0.3) is 0 Å². The van der Waals surface area contributed by atoms with E-state index in [0.29, 0.717) is 23.9 Å². The molecule has 3 unspecified atom stereocenters. The minimum Gasteiger partial charge on any atom is -0.456 e. The first-order valence-corrected chi connectivity index (χ1v) is 33.1. The number of carbonyl (C=O) groups is 2. The molecule has 0 saturated heterocycles. The fourth-order valence-corrected chi connectivity index (χ4v) is 9.76. The van der Waals surface area contributed by atoms with Crippen LogP contribution in [0.15, 0.2) is 60.8 Å². The first kappa shape index (κ1) is 72.7. The van der Waals surface area contributed by atoms with Crippen molar-refractivity contribution >= 4 is 19.7 Å². The maximum atomic E-state index is 13.5. The average Bonchev–Trinajstić information content (AvgIpc) is 3.37. The topological polar surface area (TPSA) is 111 Å². The summed E-state index contributed by atoms with van der Waals surface area (Å²) < 4.78 is 30.6. The van der Waals surface area contributed by atoms with Crippen LogP contribution in [0, 0.1) is 0 Å². The fraction of sp³-hybridized carbons (Fsp3) is 0.815. The van der Waals surface area contributed by atoms with Gasteiger partial charge < -0.3 is 19.4 Å². The van der Waals surface area contributed by atoms with Crippen LogP contribution < -0.4 is 5.32 Å². The van der Waals surface area contributed by atoms with Crippen molar-refractivity contribution in [2.75, 3.05) is 40.9 Å². The Morgan fingerprint density at radius 1 is 0.467 bits per heavy atom. The van der Waals surface area contributed by atoms with Crippen molar-refractivity contribution in [3.63, 3.8) is 0 Å². The molecule has 0 rings (SSSR count). The monoisotopic (exact) mass is 1070 g/mol. The zero-order valence-corrected chi connectivity index (χ0v) is 50.9. The highest BCUT2D eigenvalue weighted by Crippen LogP contribution is 2.43. The van der Waals surface area contributed by atoms with E-state index >= 15 is 0 Å². The van der Waals surface area contributed by atoms with Gasteiger partial charge in [-0.3, -0.25) is 18.6 Å². The summed E-state index contributed by atoms with van der Waals surface area (Å²) in [5.74, 6) is -0.578. The molecule has 75 heavy (non-hydrogen) atoms. The van der Waals surface area contributed by atoms with E-state index in [9.17, 15) is 19.0 Å². The van der Waals surface area contributed by atoms with Gasteiger partial charge in [-0.2, -0.15) is 0 Å². The van der Waals surface area contributed by atoms with Crippen molar-refractivity contribution in [3.8, 4) is 0 Å². The second-order valence-corrected chi connectivity index (χ2v) is 24.0. The molecule has 438 valence electrons. The number of esters is 1. The summed E-state index contributed by atoms with van der Waals surface area (Å²) in [7, 11) is 1.47. The first-order chi connectivity index (χ1) is 36.4. The van der Waals surface area contributed by atoms with Crippen LogP contribution in [0.3, 0.4) is 0 Å². The van der Waals surface area contributed by atoms with Crippen LogP contribution in [-0.4, -0.2) is 74.3 Å². The van der Waals surface area contributed by atoms with Crippen LogP contribution in [0.2, 0.25) is 0 Å².